The maximum Gasteiger partial charge on any atom is 0.290 e. The summed E-state index contributed by atoms with van der Waals surface area (Å²) < 4.78 is 0. The van der Waals surface area contributed by atoms with E-state index in [1.807, 2.05) is 17.0 Å². The van der Waals surface area contributed by atoms with Gasteiger partial charge in [-0.1, -0.05) is 23.7 Å². The van der Waals surface area contributed by atoms with Crippen LogP contribution in [-0.2, 0) is 9.59 Å². The Bertz CT molecular complexity index is 822. The van der Waals surface area contributed by atoms with Crippen molar-refractivity contribution in [2.24, 2.45) is 17.8 Å². The van der Waals surface area contributed by atoms with Gasteiger partial charge in [0, 0.05) is 10.6 Å². The van der Waals surface area contributed by atoms with Crippen molar-refractivity contribution in [3.63, 3.8) is 0 Å². The fourth-order valence-corrected chi connectivity index (χ4v) is 6.90. The molecule has 1 atom stereocenters. The van der Waals surface area contributed by atoms with E-state index in [-0.39, 0.29) is 28.6 Å². The summed E-state index contributed by atoms with van der Waals surface area (Å²) in [6.45, 7) is 1.44. The topological polar surface area (TPSA) is 57.6 Å². The monoisotopic (exact) mass is 385 g/mol. The van der Waals surface area contributed by atoms with Gasteiger partial charge in [-0.05, 0) is 80.9 Å². The number of Topliss-reactive ketones (excluding diaryl/α,β-unsaturated/α-hetero) is 1. The number of halogens is 1. The van der Waals surface area contributed by atoms with Crippen molar-refractivity contribution in [1.82, 2.24) is 4.90 Å². The molecule has 4 saturated carbocycles. The Kier molecular flexibility index (Phi) is 3.74. The van der Waals surface area contributed by atoms with E-state index in [1.54, 1.807) is 12.1 Å². The van der Waals surface area contributed by atoms with Crippen molar-refractivity contribution < 1.29 is 14.7 Å². The van der Waals surface area contributed by atoms with E-state index >= 15 is 0 Å². The average molecular weight is 386 g/mol. The zero-order valence-corrected chi connectivity index (χ0v) is 16.2. The number of ketones is 1. The summed E-state index contributed by atoms with van der Waals surface area (Å²) in [6, 6.07) is 6.80. The molecule has 1 unspecified atom stereocenters. The largest absolute Gasteiger partial charge is 0.503 e. The summed E-state index contributed by atoms with van der Waals surface area (Å²) in [7, 11) is 0. The highest BCUT2D eigenvalue weighted by Gasteiger charge is 2.59. The van der Waals surface area contributed by atoms with Crippen molar-refractivity contribution in [3.05, 3.63) is 46.2 Å². The van der Waals surface area contributed by atoms with Crippen molar-refractivity contribution in [2.75, 3.05) is 0 Å². The zero-order valence-electron chi connectivity index (χ0n) is 15.5. The van der Waals surface area contributed by atoms with Crippen molar-refractivity contribution in [3.8, 4) is 0 Å². The van der Waals surface area contributed by atoms with Crippen molar-refractivity contribution in [2.45, 2.75) is 57.0 Å². The third-order valence-electron chi connectivity index (χ3n) is 7.29. The minimum absolute atomic E-state index is 0.234. The SMILES string of the molecule is CC(=O)C1=C(O)C(=O)N(C23CC4CC(CC(C4)C2)C3)C1c1ccc(Cl)cc1. The summed E-state index contributed by atoms with van der Waals surface area (Å²) in [4.78, 5) is 27.5. The molecule has 1 N–H and O–H groups in total. The van der Waals surface area contributed by atoms with Crippen LogP contribution in [0.4, 0.5) is 0 Å². The molecule has 5 heteroatoms. The van der Waals surface area contributed by atoms with Gasteiger partial charge in [0.15, 0.2) is 11.5 Å². The quantitative estimate of drug-likeness (QED) is 0.827. The number of hydrogen-bond donors (Lipinski definition) is 1. The number of nitrogens with zero attached hydrogens (tertiary/aromatic N) is 1. The number of aliphatic hydroxyl groups is 1. The van der Waals surface area contributed by atoms with E-state index in [0.29, 0.717) is 22.8 Å². The molecule has 0 saturated heterocycles. The zero-order chi connectivity index (χ0) is 18.9. The molecule has 1 heterocycles. The van der Waals surface area contributed by atoms with Gasteiger partial charge in [0.05, 0.1) is 11.6 Å². The second-order valence-corrected chi connectivity index (χ2v) is 9.53. The number of carbonyl (C=O) groups is 2. The molecule has 27 heavy (non-hydrogen) atoms. The molecule has 4 fully saturated rings. The second-order valence-electron chi connectivity index (χ2n) is 9.09. The highest BCUT2D eigenvalue weighted by Crippen LogP contribution is 2.60. The molecule has 0 aromatic heterocycles. The summed E-state index contributed by atoms with van der Waals surface area (Å²) in [5.74, 6) is 1.02. The van der Waals surface area contributed by atoms with Crippen molar-refractivity contribution in [1.29, 1.82) is 0 Å². The molecule has 4 aliphatic carbocycles. The Morgan fingerprint density at radius 2 is 1.59 bits per heavy atom. The predicted molar refractivity (Wildman–Crippen MR) is 102 cm³/mol. The third-order valence-corrected chi connectivity index (χ3v) is 7.54. The number of carbonyl (C=O) groups excluding carboxylic acids is 2. The van der Waals surface area contributed by atoms with Crippen LogP contribution in [0, 0.1) is 17.8 Å². The maximum atomic E-state index is 13.2. The Morgan fingerprint density at radius 1 is 1.07 bits per heavy atom. The lowest BCUT2D eigenvalue weighted by atomic mass is 9.52. The smallest absolute Gasteiger partial charge is 0.290 e. The van der Waals surface area contributed by atoms with E-state index in [9.17, 15) is 14.7 Å². The first-order valence-electron chi connectivity index (χ1n) is 9.91. The van der Waals surface area contributed by atoms with Gasteiger partial charge in [-0.15, -0.1) is 0 Å². The third kappa shape index (κ3) is 2.49. The number of aliphatic hydroxyl groups excluding tert-OH is 1. The molecule has 5 aliphatic rings. The van der Waals surface area contributed by atoms with E-state index in [1.165, 1.54) is 26.2 Å². The van der Waals surface area contributed by atoms with E-state index in [2.05, 4.69) is 0 Å². The van der Waals surface area contributed by atoms with E-state index in [4.69, 9.17) is 11.6 Å². The normalized spacial score (nSPS) is 37.4. The van der Waals surface area contributed by atoms with Gasteiger partial charge in [0.2, 0.25) is 0 Å². The van der Waals surface area contributed by atoms with Crippen LogP contribution >= 0.6 is 11.6 Å². The summed E-state index contributed by atoms with van der Waals surface area (Å²) in [5, 5.41) is 11.2. The molecular formula is C22H24ClNO3. The molecule has 1 amide bonds. The van der Waals surface area contributed by atoms with Crippen LogP contribution in [-0.4, -0.2) is 27.2 Å². The van der Waals surface area contributed by atoms with Crippen LogP contribution in [0.2, 0.25) is 5.02 Å². The second kappa shape index (κ2) is 5.84. The summed E-state index contributed by atoms with van der Waals surface area (Å²) >= 11 is 6.06. The Hall–Kier alpha value is -1.81. The van der Waals surface area contributed by atoms with Gasteiger partial charge in [0.25, 0.3) is 5.91 Å². The average Bonchev–Trinajstić information content (AvgIpc) is 2.86. The summed E-state index contributed by atoms with van der Waals surface area (Å²) in [5.41, 5.74) is 0.845. The molecule has 4 bridgehead atoms. The van der Waals surface area contributed by atoms with E-state index in [0.717, 1.165) is 24.8 Å². The molecule has 0 radical (unpaired) electrons. The predicted octanol–water partition coefficient (Wildman–Crippen LogP) is 4.59. The standard InChI is InChI=1S/C22H24ClNO3/c1-12(25)18-19(16-2-4-17(23)5-3-16)24(21(27)20(18)26)22-9-13-6-14(10-22)8-15(7-13)11-22/h2-5,13-15,19,26H,6-11H2,1H3. The minimum Gasteiger partial charge on any atom is -0.503 e. The van der Waals surface area contributed by atoms with Crippen LogP contribution < -0.4 is 0 Å². The molecule has 1 aliphatic heterocycles. The van der Waals surface area contributed by atoms with E-state index < -0.39 is 6.04 Å². The Labute approximate surface area is 164 Å². The fourth-order valence-electron chi connectivity index (χ4n) is 6.77. The van der Waals surface area contributed by atoms with Gasteiger partial charge < -0.3 is 10.0 Å². The van der Waals surface area contributed by atoms with Crippen LogP contribution in [0.5, 0.6) is 0 Å². The lowest BCUT2D eigenvalue weighted by Gasteiger charge is -2.60. The minimum atomic E-state index is -0.511. The van der Waals surface area contributed by atoms with Gasteiger partial charge in [-0.2, -0.15) is 0 Å². The lowest BCUT2D eigenvalue weighted by molar-refractivity contribution is -0.150. The number of amides is 1. The van der Waals surface area contributed by atoms with Crippen LogP contribution in [0.3, 0.4) is 0 Å². The summed E-state index contributed by atoms with van der Waals surface area (Å²) in [6.07, 6.45) is 6.79. The molecule has 6 rings (SSSR count). The Balaban J connectivity index is 1.63. The van der Waals surface area contributed by atoms with Gasteiger partial charge >= 0.3 is 0 Å². The molecule has 1 aromatic rings. The molecular weight excluding hydrogens is 362 g/mol. The lowest BCUT2D eigenvalue weighted by Crippen LogP contribution is -2.61. The fraction of sp³-hybridized carbons (Fsp3) is 0.545. The highest BCUT2D eigenvalue weighted by atomic mass is 35.5. The first-order chi connectivity index (χ1) is 12.9. The first kappa shape index (κ1) is 17.3. The van der Waals surface area contributed by atoms with Crippen molar-refractivity contribution >= 4 is 23.3 Å². The molecule has 1 aromatic carbocycles. The van der Waals surface area contributed by atoms with Crippen LogP contribution in [0.25, 0.3) is 0 Å². The molecule has 4 nitrogen and oxygen atoms in total. The number of rotatable bonds is 3. The van der Waals surface area contributed by atoms with Gasteiger partial charge in [0.1, 0.15) is 0 Å². The number of benzene rings is 1. The maximum absolute atomic E-state index is 13.2. The molecule has 0 spiro atoms. The van der Waals surface area contributed by atoms with Crippen LogP contribution in [0.1, 0.15) is 57.1 Å². The number of hydrogen-bond acceptors (Lipinski definition) is 3. The van der Waals surface area contributed by atoms with Gasteiger partial charge in [-0.3, -0.25) is 9.59 Å². The highest BCUT2D eigenvalue weighted by molar-refractivity contribution is 6.30. The Morgan fingerprint density at radius 3 is 2.07 bits per heavy atom. The molecule has 142 valence electrons. The van der Waals surface area contributed by atoms with Gasteiger partial charge in [-0.25, -0.2) is 0 Å². The first-order valence-corrected chi connectivity index (χ1v) is 10.3. The van der Waals surface area contributed by atoms with Crippen LogP contribution in [0.15, 0.2) is 35.6 Å².